The summed E-state index contributed by atoms with van der Waals surface area (Å²) in [5.74, 6) is 0.0668. The lowest BCUT2D eigenvalue weighted by molar-refractivity contribution is -0.121. The number of aliphatic hydroxyl groups excluding tert-OH is 1. The number of carbonyl (C=O) groups excluding carboxylic acids is 1. The van der Waals surface area contributed by atoms with E-state index in [-0.39, 0.29) is 12.5 Å². The smallest absolute Gasteiger partial charge is 0.220 e. The first kappa shape index (κ1) is 9.52. The maximum atomic E-state index is 11.1. The summed E-state index contributed by atoms with van der Waals surface area (Å²) in [6.45, 7) is 3.08. The van der Waals surface area contributed by atoms with Crippen LogP contribution >= 0.6 is 0 Å². The van der Waals surface area contributed by atoms with Gasteiger partial charge in [-0.15, -0.1) is 0 Å². The number of hydrogen-bond donors (Lipinski definition) is 2. The molecular weight excluding hydrogens is 154 g/mol. The third-order valence-corrected chi connectivity index (χ3v) is 2.38. The number of hydrogen-bond acceptors (Lipinski definition) is 2. The molecule has 1 saturated carbocycles. The number of carbonyl (C=O) groups is 1. The van der Waals surface area contributed by atoms with Crippen LogP contribution in [0.5, 0.6) is 0 Å². The molecule has 0 bridgehead atoms. The fourth-order valence-electron chi connectivity index (χ4n) is 1.03. The molecular formula is C9H17NO2. The van der Waals surface area contributed by atoms with Gasteiger partial charge in [0.25, 0.3) is 0 Å². The molecule has 3 nitrogen and oxygen atoms in total. The topological polar surface area (TPSA) is 49.3 Å². The molecule has 0 aromatic rings. The molecule has 1 fully saturated rings. The zero-order chi connectivity index (χ0) is 9.03. The van der Waals surface area contributed by atoms with Crippen LogP contribution in [-0.4, -0.2) is 24.2 Å². The molecule has 0 saturated heterocycles. The van der Waals surface area contributed by atoms with Crippen molar-refractivity contribution in [2.75, 3.05) is 13.2 Å². The SMILES string of the molecule is CC1(CNC(=O)CCCO)CC1. The molecule has 0 aromatic carbocycles. The molecule has 0 aliphatic heterocycles. The fourth-order valence-corrected chi connectivity index (χ4v) is 1.03. The Morgan fingerprint density at radius 2 is 2.25 bits per heavy atom. The van der Waals surface area contributed by atoms with Gasteiger partial charge in [-0.25, -0.2) is 0 Å². The Hall–Kier alpha value is -0.570. The number of amides is 1. The summed E-state index contributed by atoms with van der Waals surface area (Å²) < 4.78 is 0. The van der Waals surface area contributed by atoms with Gasteiger partial charge in [0.1, 0.15) is 0 Å². The van der Waals surface area contributed by atoms with Gasteiger partial charge >= 0.3 is 0 Å². The maximum absolute atomic E-state index is 11.1. The minimum absolute atomic E-state index is 0.0668. The van der Waals surface area contributed by atoms with Crippen LogP contribution in [0.25, 0.3) is 0 Å². The molecule has 0 radical (unpaired) electrons. The van der Waals surface area contributed by atoms with E-state index in [4.69, 9.17) is 5.11 Å². The first-order valence-electron chi connectivity index (χ1n) is 4.54. The van der Waals surface area contributed by atoms with Gasteiger partial charge in [-0.3, -0.25) is 4.79 Å². The molecule has 0 atom stereocenters. The lowest BCUT2D eigenvalue weighted by atomic mass is 10.1. The Bertz CT molecular complexity index is 164. The van der Waals surface area contributed by atoms with Gasteiger partial charge in [0.15, 0.2) is 0 Å². The zero-order valence-corrected chi connectivity index (χ0v) is 7.60. The number of nitrogens with one attached hydrogen (secondary N) is 1. The molecule has 2 N–H and O–H groups in total. The van der Waals surface area contributed by atoms with E-state index in [9.17, 15) is 4.79 Å². The third-order valence-electron chi connectivity index (χ3n) is 2.38. The summed E-state index contributed by atoms with van der Waals surface area (Å²) in [6, 6.07) is 0. The minimum atomic E-state index is 0.0668. The summed E-state index contributed by atoms with van der Waals surface area (Å²) in [7, 11) is 0. The summed E-state index contributed by atoms with van der Waals surface area (Å²) in [6.07, 6.45) is 3.48. The highest BCUT2D eigenvalue weighted by Crippen LogP contribution is 2.43. The maximum Gasteiger partial charge on any atom is 0.220 e. The quantitative estimate of drug-likeness (QED) is 0.639. The van der Waals surface area contributed by atoms with Crippen LogP contribution in [0.3, 0.4) is 0 Å². The van der Waals surface area contributed by atoms with Gasteiger partial charge in [0, 0.05) is 19.6 Å². The van der Waals surface area contributed by atoms with Gasteiger partial charge in [-0.1, -0.05) is 6.92 Å². The molecule has 12 heavy (non-hydrogen) atoms. The Morgan fingerprint density at radius 3 is 2.75 bits per heavy atom. The van der Waals surface area contributed by atoms with E-state index in [2.05, 4.69) is 12.2 Å². The highest BCUT2D eigenvalue weighted by atomic mass is 16.3. The molecule has 1 amide bonds. The van der Waals surface area contributed by atoms with Crippen LogP contribution in [-0.2, 0) is 4.79 Å². The van der Waals surface area contributed by atoms with E-state index >= 15 is 0 Å². The van der Waals surface area contributed by atoms with E-state index < -0.39 is 0 Å². The van der Waals surface area contributed by atoms with E-state index in [0.29, 0.717) is 18.3 Å². The average Bonchev–Trinajstić information content (AvgIpc) is 2.77. The van der Waals surface area contributed by atoms with Gasteiger partial charge < -0.3 is 10.4 Å². The highest BCUT2D eigenvalue weighted by molar-refractivity contribution is 5.75. The molecule has 1 aliphatic rings. The normalized spacial score (nSPS) is 18.8. The molecule has 0 spiro atoms. The van der Waals surface area contributed by atoms with Crippen LogP contribution in [0.2, 0.25) is 0 Å². The predicted molar refractivity (Wildman–Crippen MR) is 46.7 cm³/mol. The van der Waals surface area contributed by atoms with Crippen molar-refractivity contribution in [2.24, 2.45) is 5.41 Å². The van der Waals surface area contributed by atoms with E-state index in [1.54, 1.807) is 0 Å². The molecule has 70 valence electrons. The highest BCUT2D eigenvalue weighted by Gasteiger charge is 2.37. The van der Waals surface area contributed by atoms with Crippen LogP contribution in [0.4, 0.5) is 0 Å². The standard InChI is InChI=1S/C9H17NO2/c1-9(4-5-9)7-10-8(12)3-2-6-11/h11H,2-7H2,1H3,(H,10,12). The molecule has 3 heteroatoms. The van der Waals surface area contributed by atoms with Crippen molar-refractivity contribution in [2.45, 2.75) is 32.6 Å². The van der Waals surface area contributed by atoms with Crippen molar-refractivity contribution in [1.29, 1.82) is 0 Å². The summed E-state index contributed by atoms with van der Waals surface area (Å²) >= 11 is 0. The van der Waals surface area contributed by atoms with Crippen molar-refractivity contribution < 1.29 is 9.90 Å². The summed E-state index contributed by atoms with van der Waals surface area (Å²) in [5, 5.41) is 11.3. The molecule has 1 rings (SSSR count). The molecule has 0 aromatic heterocycles. The monoisotopic (exact) mass is 171 g/mol. The van der Waals surface area contributed by atoms with E-state index in [1.165, 1.54) is 12.8 Å². The lowest BCUT2D eigenvalue weighted by Crippen LogP contribution is -2.28. The van der Waals surface area contributed by atoms with Gasteiger partial charge in [0.05, 0.1) is 0 Å². The van der Waals surface area contributed by atoms with Crippen molar-refractivity contribution in [1.82, 2.24) is 5.32 Å². The third kappa shape index (κ3) is 3.22. The minimum Gasteiger partial charge on any atom is -0.396 e. The van der Waals surface area contributed by atoms with E-state index in [0.717, 1.165) is 6.54 Å². The summed E-state index contributed by atoms with van der Waals surface area (Å²) in [4.78, 5) is 11.1. The molecule has 1 aliphatic carbocycles. The fraction of sp³-hybridized carbons (Fsp3) is 0.889. The van der Waals surface area contributed by atoms with Crippen LogP contribution in [0.15, 0.2) is 0 Å². The summed E-state index contributed by atoms with van der Waals surface area (Å²) in [5.41, 5.74) is 0.384. The lowest BCUT2D eigenvalue weighted by Gasteiger charge is -2.09. The first-order chi connectivity index (χ1) is 5.66. The average molecular weight is 171 g/mol. The Morgan fingerprint density at radius 1 is 1.58 bits per heavy atom. The number of rotatable bonds is 5. The van der Waals surface area contributed by atoms with Gasteiger partial charge in [-0.05, 0) is 24.7 Å². The Kier molecular flexibility index (Phi) is 3.09. The Balaban J connectivity index is 2.02. The van der Waals surface area contributed by atoms with Crippen LogP contribution in [0, 0.1) is 5.41 Å². The second kappa shape index (κ2) is 3.90. The van der Waals surface area contributed by atoms with Crippen LogP contribution in [0.1, 0.15) is 32.6 Å². The zero-order valence-electron chi connectivity index (χ0n) is 7.60. The van der Waals surface area contributed by atoms with Crippen molar-refractivity contribution >= 4 is 5.91 Å². The van der Waals surface area contributed by atoms with Gasteiger partial charge in [-0.2, -0.15) is 0 Å². The predicted octanol–water partition coefficient (Wildman–Crippen LogP) is 0.675. The largest absolute Gasteiger partial charge is 0.396 e. The second-order valence-corrected chi connectivity index (χ2v) is 3.91. The van der Waals surface area contributed by atoms with Crippen LogP contribution < -0.4 is 5.32 Å². The van der Waals surface area contributed by atoms with E-state index in [1.807, 2.05) is 0 Å². The number of aliphatic hydroxyl groups is 1. The van der Waals surface area contributed by atoms with Gasteiger partial charge in [0.2, 0.25) is 5.91 Å². The van der Waals surface area contributed by atoms with Crippen molar-refractivity contribution in [3.8, 4) is 0 Å². The first-order valence-corrected chi connectivity index (χ1v) is 4.54. The Labute approximate surface area is 73.2 Å². The van der Waals surface area contributed by atoms with Crippen molar-refractivity contribution in [3.63, 3.8) is 0 Å². The molecule has 0 unspecified atom stereocenters. The van der Waals surface area contributed by atoms with Crippen molar-refractivity contribution in [3.05, 3.63) is 0 Å². The second-order valence-electron chi connectivity index (χ2n) is 3.91. The molecule has 0 heterocycles.